The smallest absolute Gasteiger partial charge is 0.263 e. The number of nitrogens with zero attached hydrogens (tertiary/aromatic N) is 1. The molecule has 1 N–H and O–H groups in total. The second kappa shape index (κ2) is 4.81. The van der Waals surface area contributed by atoms with Crippen LogP contribution in [0.5, 0.6) is 0 Å². The Kier molecular flexibility index (Phi) is 3.24. The van der Waals surface area contributed by atoms with Crippen LogP contribution >= 0.6 is 0 Å². The van der Waals surface area contributed by atoms with E-state index in [4.69, 9.17) is 0 Å². The van der Waals surface area contributed by atoms with Crippen molar-refractivity contribution in [2.24, 2.45) is 0 Å². The normalized spacial score (nSPS) is 21.3. The molecule has 0 bridgehead atoms. The van der Waals surface area contributed by atoms with Crippen LogP contribution in [0.1, 0.15) is 37.3 Å². The number of hydrogen-bond donors (Lipinski definition) is 1. The standard InChI is InChI=1S/C15H18F2N2O/c1-2-19-7-5-15(6-8-19)11-9-10(13(16)17)3-4-12(11)18-14(15)20/h3-4,9,13H,2,5-8H2,1H3,(H,18,20). The fourth-order valence-electron chi connectivity index (χ4n) is 3.31. The summed E-state index contributed by atoms with van der Waals surface area (Å²) in [6, 6.07) is 4.51. The average molecular weight is 280 g/mol. The molecule has 1 aromatic carbocycles. The summed E-state index contributed by atoms with van der Waals surface area (Å²) in [7, 11) is 0. The summed E-state index contributed by atoms with van der Waals surface area (Å²) in [4.78, 5) is 14.7. The van der Waals surface area contributed by atoms with Crippen LogP contribution in [-0.2, 0) is 10.2 Å². The van der Waals surface area contributed by atoms with Crippen LogP contribution in [0.4, 0.5) is 14.5 Å². The summed E-state index contributed by atoms with van der Waals surface area (Å²) < 4.78 is 25.8. The van der Waals surface area contributed by atoms with Gasteiger partial charge in [0.25, 0.3) is 6.43 Å². The quantitative estimate of drug-likeness (QED) is 0.903. The van der Waals surface area contributed by atoms with Crippen LogP contribution < -0.4 is 5.32 Å². The van der Waals surface area contributed by atoms with Crippen LogP contribution in [0.15, 0.2) is 18.2 Å². The van der Waals surface area contributed by atoms with Crippen molar-refractivity contribution in [2.45, 2.75) is 31.6 Å². The van der Waals surface area contributed by atoms with Gasteiger partial charge in [-0.1, -0.05) is 13.0 Å². The Morgan fingerprint density at radius 1 is 1.35 bits per heavy atom. The van der Waals surface area contributed by atoms with Gasteiger partial charge in [0.2, 0.25) is 5.91 Å². The van der Waals surface area contributed by atoms with Gasteiger partial charge in [-0.3, -0.25) is 4.79 Å². The van der Waals surface area contributed by atoms with Gasteiger partial charge in [0.05, 0.1) is 5.41 Å². The molecular weight excluding hydrogens is 262 g/mol. The van der Waals surface area contributed by atoms with Crippen LogP contribution in [-0.4, -0.2) is 30.4 Å². The first-order valence-corrected chi connectivity index (χ1v) is 7.03. The third-order valence-corrected chi connectivity index (χ3v) is 4.65. The fourth-order valence-corrected chi connectivity index (χ4v) is 3.31. The first kappa shape index (κ1) is 13.5. The van der Waals surface area contributed by atoms with Gasteiger partial charge in [0.1, 0.15) is 0 Å². The van der Waals surface area contributed by atoms with Crippen molar-refractivity contribution in [3.63, 3.8) is 0 Å². The van der Waals surface area contributed by atoms with Gasteiger partial charge in [-0.05, 0) is 50.2 Å². The van der Waals surface area contributed by atoms with Gasteiger partial charge in [-0.15, -0.1) is 0 Å². The number of nitrogens with one attached hydrogen (secondary N) is 1. The maximum absolute atomic E-state index is 12.9. The zero-order valence-corrected chi connectivity index (χ0v) is 11.5. The maximum Gasteiger partial charge on any atom is 0.263 e. The van der Waals surface area contributed by atoms with Crippen LogP contribution in [0.2, 0.25) is 0 Å². The molecule has 0 aliphatic carbocycles. The molecule has 1 fully saturated rings. The summed E-state index contributed by atoms with van der Waals surface area (Å²) in [5.41, 5.74) is 0.851. The Labute approximate surface area is 117 Å². The van der Waals surface area contributed by atoms with E-state index >= 15 is 0 Å². The third-order valence-electron chi connectivity index (χ3n) is 4.65. The first-order chi connectivity index (χ1) is 9.56. The lowest BCUT2D eigenvalue weighted by Gasteiger charge is -2.37. The molecule has 0 saturated carbocycles. The highest BCUT2D eigenvalue weighted by molar-refractivity contribution is 6.06. The van der Waals surface area contributed by atoms with E-state index in [1.54, 1.807) is 6.07 Å². The molecule has 0 unspecified atom stereocenters. The Bertz CT molecular complexity index is 537. The Morgan fingerprint density at radius 2 is 2.05 bits per heavy atom. The highest BCUT2D eigenvalue weighted by Crippen LogP contribution is 2.45. The van der Waals surface area contributed by atoms with E-state index in [9.17, 15) is 13.6 Å². The third kappa shape index (κ3) is 1.92. The Hall–Kier alpha value is -1.49. The molecule has 5 heteroatoms. The number of alkyl halides is 2. The molecule has 2 aliphatic heterocycles. The van der Waals surface area contributed by atoms with E-state index in [1.807, 2.05) is 0 Å². The van der Waals surface area contributed by atoms with E-state index in [2.05, 4.69) is 17.1 Å². The predicted octanol–water partition coefficient (Wildman–Crippen LogP) is 2.93. The summed E-state index contributed by atoms with van der Waals surface area (Å²) in [5, 5.41) is 2.85. The second-order valence-corrected chi connectivity index (χ2v) is 5.58. The van der Waals surface area contributed by atoms with Crippen molar-refractivity contribution >= 4 is 11.6 Å². The van der Waals surface area contributed by atoms with Gasteiger partial charge >= 0.3 is 0 Å². The highest BCUT2D eigenvalue weighted by atomic mass is 19.3. The molecule has 2 heterocycles. The monoisotopic (exact) mass is 280 g/mol. The second-order valence-electron chi connectivity index (χ2n) is 5.58. The number of hydrogen-bond acceptors (Lipinski definition) is 2. The zero-order chi connectivity index (χ0) is 14.3. The number of carbonyl (C=O) groups excluding carboxylic acids is 1. The number of halogens is 2. The summed E-state index contributed by atoms with van der Waals surface area (Å²) in [6.45, 7) is 4.72. The predicted molar refractivity (Wildman–Crippen MR) is 73.1 cm³/mol. The van der Waals surface area contributed by atoms with Gasteiger partial charge in [-0.25, -0.2) is 8.78 Å². The Balaban J connectivity index is 1.98. The number of piperidine rings is 1. The van der Waals surface area contributed by atoms with Crippen molar-refractivity contribution < 1.29 is 13.6 Å². The lowest BCUT2D eigenvalue weighted by Crippen LogP contribution is -2.46. The van der Waals surface area contributed by atoms with Crippen molar-refractivity contribution in [1.29, 1.82) is 0 Å². The number of anilines is 1. The molecule has 0 atom stereocenters. The minimum absolute atomic E-state index is 0.00227. The number of amides is 1. The number of rotatable bonds is 2. The van der Waals surface area contributed by atoms with Crippen LogP contribution in [0, 0.1) is 0 Å². The van der Waals surface area contributed by atoms with E-state index in [-0.39, 0.29) is 11.5 Å². The van der Waals surface area contributed by atoms with E-state index in [0.717, 1.165) is 25.2 Å². The molecule has 1 spiro atoms. The van der Waals surface area contributed by atoms with E-state index in [0.29, 0.717) is 18.5 Å². The van der Waals surface area contributed by atoms with Crippen molar-refractivity contribution in [1.82, 2.24) is 4.90 Å². The molecule has 0 aromatic heterocycles. The zero-order valence-electron chi connectivity index (χ0n) is 11.5. The Morgan fingerprint density at radius 3 is 2.65 bits per heavy atom. The first-order valence-electron chi connectivity index (χ1n) is 7.03. The maximum atomic E-state index is 12.9. The van der Waals surface area contributed by atoms with Gasteiger partial charge in [0.15, 0.2) is 0 Å². The molecule has 108 valence electrons. The summed E-state index contributed by atoms with van der Waals surface area (Å²) in [6.07, 6.45) is -1.09. The molecule has 2 aliphatic rings. The molecule has 20 heavy (non-hydrogen) atoms. The fraction of sp³-hybridized carbons (Fsp3) is 0.533. The van der Waals surface area contributed by atoms with Crippen molar-refractivity contribution in [3.05, 3.63) is 29.3 Å². The largest absolute Gasteiger partial charge is 0.325 e. The molecular formula is C15H18F2N2O. The van der Waals surface area contributed by atoms with E-state index in [1.165, 1.54) is 12.1 Å². The van der Waals surface area contributed by atoms with Gasteiger partial charge < -0.3 is 10.2 Å². The minimum atomic E-state index is -2.50. The molecule has 3 rings (SSSR count). The number of fused-ring (bicyclic) bond motifs is 2. The molecule has 1 aromatic rings. The molecule has 0 radical (unpaired) electrons. The van der Waals surface area contributed by atoms with Gasteiger partial charge in [0, 0.05) is 11.3 Å². The summed E-state index contributed by atoms with van der Waals surface area (Å²) in [5.74, 6) is -0.0327. The van der Waals surface area contributed by atoms with Crippen LogP contribution in [0.25, 0.3) is 0 Å². The molecule has 1 saturated heterocycles. The highest BCUT2D eigenvalue weighted by Gasteiger charge is 2.48. The van der Waals surface area contributed by atoms with Crippen molar-refractivity contribution in [2.75, 3.05) is 25.0 Å². The summed E-state index contributed by atoms with van der Waals surface area (Å²) >= 11 is 0. The number of benzene rings is 1. The SMILES string of the molecule is CCN1CCC2(CC1)C(=O)Nc1ccc(C(F)F)cc12. The van der Waals surface area contributed by atoms with Gasteiger partial charge in [-0.2, -0.15) is 0 Å². The minimum Gasteiger partial charge on any atom is -0.325 e. The van der Waals surface area contributed by atoms with Crippen molar-refractivity contribution in [3.8, 4) is 0 Å². The average Bonchev–Trinajstić information content (AvgIpc) is 2.72. The number of likely N-dealkylation sites (tertiary alicyclic amines) is 1. The molecule has 3 nitrogen and oxygen atoms in total. The molecule has 1 amide bonds. The lowest BCUT2D eigenvalue weighted by molar-refractivity contribution is -0.122. The van der Waals surface area contributed by atoms with Crippen LogP contribution in [0.3, 0.4) is 0 Å². The lowest BCUT2D eigenvalue weighted by atomic mass is 9.73. The number of carbonyl (C=O) groups is 1. The topological polar surface area (TPSA) is 32.3 Å². The van der Waals surface area contributed by atoms with E-state index < -0.39 is 11.8 Å².